The molecule has 2 atom stereocenters. The van der Waals surface area contributed by atoms with Gasteiger partial charge in [-0.1, -0.05) is 18.6 Å². The van der Waals surface area contributed by atoms with E-state index in [4.69, 9.17) is 0 Å². The van der Waals surface area contributed by atoms with E-state index in [2.05, 4.69) is 25.2 Å². The molecule has 1 aliphatic carbocycles. The third-order valence-corrected chi connectivity index (χ3v) is 4.89. The Morgan fingerprint density at radius 3 is 2.45 bits per heavy atom. The van der Waals surface area contributed by atoms with Gasteiger partial charge in [-0.2, -0.15) is 0 Å². The predicted octanol–water partition coefficient (Wildman–Crippen LogP) is 3.49. The van der Waals surface area contributed by atoms with Gasteiger partial charge >= 0.3 is 0 Å². The Hall–Kier alpha value is -1.29. The minimum atomic E-state index is -3.10. The standard InChI is InChI=1S/C16H23NO2S/c1-12-8-13(2)10-14(9-12)11-17-15-4-6-16(7-5-15)20(3,18)19/h4-8,12,14,17H,9-11H2,1-3H3. The average molecular weight is 293 g/mol. The van der Waals surface area contributed by atoms with Crippen molar-refractivity contribution in [1.82, 2.24) is 0 Å². The number of nitrogens with one attached hydrogen (secondary N) is 1. The van der Waals surface area contributed by atoms with Crippen molar-refractivity contribution in [3.63, 3.8) is 0 Å². The third-order valence-electron chi connectivity index (χ3n) is 3.76. The first-order valence-corrected chi connectivity index (χ1v) is 8.95. The average Bonchev–Trinajstić information content (AvgIpc) is 2.35. The van der Waals surface area contributed by atoms with E-state index < -0.39 is 9.84 Å². The van der Waals surface area contributed by atoms with E-state index in [1.165, 1.54) is 18.2 Å². The van der Waals surface area contributed by atoms with Crippen LogP contribution >= 0.6 is 0 Å². The van der Waals surface area contributed by atoms with Gasteiger partial charge in [-0.15, -0.1) is 0 Å². The van der Waals surface area contributed by atoms with Crippen LogP contribution in [0.4, 0.5) is 5.69 Å². The molecule has 0 radical (unpaired) electrons. The summed E-state index contributed by atoms with van der Waals surface area (Å²) in [6.45, 7) is 5.40. The monoisotopic (exact) mass is 293 g/mol. The molecule has 0 bridgehead atoms. The van der Waals surface area contributed by atoms with Crippen LogP contribution in [-0.4, -0.2) is 21.2 Å². The molecular formula is C16H23NO2S. The highest BCUT2D eigenvalue weighted by atomic mass is 32.2. The Morgan fingerprint density at radius 2 is 1.90 bits per heavy atom. The number of anilines is 1. The molecule has 20 heavy (non-hydrogen) atoms. The van der Waals surface area contributed by atoms with Crippen LogP contribution in [0.1, 0.15) is 26.7 Å². The van der Waals surface area contributed by atoms with Gasteiger partial charge in [-0.25, -0.2) is 8.42 Å². The molecule has 0 spiro atoms. The Morgan fingerprint density at radius 1 is 1.25 bits per heavy atom. The summed E-state index contributed by atoms with van der Waals surface area (Å²) in [7, 11) is -3.10. The summed E-state index contributed by atoms with van der Waals surface area (Å²) in [5.74, 6) is 1.31. The lowest BCUT2D eigenvalue weighted by atomic mass is 9.84. The second-order valence-corrected chi connectivity index (χ2v) is 7.99. The molecule has 0 saturated carbocycles. The SMILES string of the molecule is CC1=CC(C)CC(CNc2ccc(S(C)(=O)=O)cc2)C1. The van der Waals surface area contributed by atoms with E-state index in [1.54, 1.807) is 12.1 Å². The van der Waals surface area contributed by atoms with Gasteiger partial charge in [-0.3, -0.25) is 0 Å². The van der Waals surface area contributed by atoms with Crippen LogP contribution in [0.3, 0.4) is 0 Å². The summed E-state index contributed by atoms with van der Waals surface area (Å²) in [5, 5.41) is 3.41. The van der Waals surface area contributed by atoms with Crippen molar-refractivity contribution in [3.8, 4) is 0 Å². The number of benzene rings is 1. The lowest BCUT2D eigenvalue weighted by Crippen LogP contribution is -2.20. The Bertz CT molecular complexity index is 587. The van der Waals surface area contributed by atoms with Crippen molar-refractivity contribution >= 4 is 15.5 Å². The first-order valence-electron chi connectivity index (χ1n) is 7.06. The van der Waals surface area contributed by atoms with Crippen LogP contribution < -0.4 is 5.32 Å². The van der Waals surface area contributed by atoms with E-state index in [1.807, 2.05) is 12.1 Å². The second-order valence-electron chi connectivity index (χ2n) is 5.97. The zero-order valence-corrected chi connectivity index (χ0v) is 13.2. The van der Waals surface area contributed by atoms with Gasteiger partial charge in [0.05, 0.1) is 4.90 Å². The van der Waals surface area contributed by atoms with Crippen molar-refractivity contribution in [2.45, 2.75) is 31.6 Å². The van der Waals surface area contributed by atoms with E-state index in [-0.39, 0.29) is 0 Å². The van der Waals surface area contributed by atoms with Gasteiger partial charge in [0.15, 0.2) is 9.84 Å². The number of allylic oxidation sites excluding steroid dienone is 2. The fraction of sp³-hybridized carbons (Fsp3) is 0.500. The van der Waals surface area contributed by atoms with Crippen molar-refractivity contribution in [2.75, 3.05) is 18.1 Å². The van der Waals surface area contributed by atoms with Crippen molar-refractivity contribution in [3.05, 3.63) is 35.9 Å². The Balaban J connectivity index is 1.93. The molecule has 0 heterocycles. The van der Waals surface area contributed by atoms with E-state index in [9.17, 15) is 8.42 Å². The summed E-state index contributed by atoms with van der Waals surface area (Å²) < 4.78 is 22.8. The topological polar surface area (TPSA) is 46.2 Å². The largest absolute Gasteiger partial charge is 0.385 e. The molecule has 1 aromatic carbocycles. The molecule has 110 valence electrons. The van der Waals surface area contributed by atoms with Gasteiger partial charge in [-0.05, 0) is 55.9 Å². The first kappa shape index (κ1) is 15.1. The van der Waals surface area contributed by atoms with Gasteiger partial charge < -0.3 is 5.32 Å². The predicted molar refractivity (Wildman–Crippen MR) is 83.7 cm³/mol. The van der Waals surface area contributed by atoms with Crippen LogP contribution in [0.5, 0.6) is 0 Å². The van der Waals surface area contributed by atoms with Crippen LogP contribution in [-0.2, 0) is 9.84 Å². The molecule has 2 rings (SSSR count). The summed E-state index contributed by atoms with van der Waals surface area (Å²) in [6, 6.07) is 7.00. The fourth-order valence-electron chi connectivity index (χ4n) is 2.92. The summed E-state index contributed by atoms with van der Waals surface area (Å²) in [6.07, 6.45) is 5.95. The van der Waals surface area contributed by atoms with Gasteiger partial charge in [0, 0.05) is 18.5 Å². The van der Waals surface area contributed by atoms with E-state index >= 15 is 0 Å². The molecular weight excluding hydrogens is 270 g/mol. The van der Waals surface area contributed by atoms with E-state index in [0.29, 0.717) is 16.7 Å². The fourth-order valence-corrected chi connectivity index (χ4v) is 3.55. The summed E-state index contributed by atoms with van der Waals surface area (Å²) in [5.41, 5.74) is 2.46. The molecule has 0 fully saturated rings. The smallest absolute Gasteiger partial charge is 0.175 e. The van der Waals surface area contributed by atoms with Crippen LogP contribution in [0.25, 0.3) is 0 Å². The number of sulfone groups is 1. The third kappa shape index (κ3) is 4.10. The van der Waals surface area contributed by atoms with Gasteiger partial charge in [0.1, 0.15) is 0 Å². The zero-order valence-electron chi connectivity index (χ0n) is 12.4. The van der Waals surface area contributed by atoms with E-state index in [0.717, 1.165) is 18.7 Å². The van der Waals surface area contributed by atoms with Crippen molar-refractivity contribution < 1.29 is 8.42 Å². The maximum Gasteiger partial charge on any atom is 0.175 e. The maximum atomic E-state index is 11.4. The molecule has 0 aliphatic heterocycles. The molecule has 2 unspecified atom stereocenters. The molecule has 1 aliphatic rings. The normalized spacial score (nSPS) is 23.2. The quantitative estimate of drug-likeness (QED) is 0.864. The highest BCUT2D eigenvalue weighted by molar-refractivity contribution is 7.90. The molecule has 0 saturated heterocycles. The lowest BCUT2D eigenvalue weighted by Gasteiger charge is -2.26. The Labute approximate surface area is 122 Å². The first-order chi connectivity index (χ1) is 9.34. The molecule has 0 amide bonds. The Kier molecular flexibility index (Phi) is 4.53. The highest BCUT2D eigenvalue weighted by Gasteiger charge is 2.17. The number of hydrogen-bond donors (Lipinski definition) is 1. The van der Waals surface area contributed by atoms with Crippen LogP contribution in [0.15, 0.2) is 40.8 Å². The molecule has 0 aromatic heterocycles. The number of rotatable bonds is 4. The second kappa shape index (κ2) is 6.00. The van der Waals surface area contributed by atoms with Gasteiger partial charge in [0.2, 0.25) is 0 Å². The van der Waals surface area contributed by atoms with Crippen molar-refractivity contribution in [1.29, 1.82) is 0 Å². The zero-order chi connectivity index (χ0) is 14.8. The van der Waals surface area contributed by atoms with Gasteiger partial charge in [0.25, 0.3) is 0 Å². The molecule has 4 heteroatoms. The van der Waals surface area contributed by atoms with Crippen molar-refractivity contribution in [2.24, 2.45) is 11.8 Å². The lowest BCUT2D eigenvalue weighted by molar-refractivity contribution is 0.421. The molecule has 1 aromatic rings. The van der Waals surface area contributed by atoms with Crippen LogP contribution in [0, 0.1) is 11.8 Å². The summed E-state index contributed by atoms with van der Waals surface area (Å²) in [4.78, 5) is 0.369. The molecule has 1 N–H and O–H groups in total. The highest BCUT2D eigenvalue weighted by Crippen LogP contribution is 2.28. The number of hydrogen-bond acceptors (Lipinski definition) is 3. The molecule has 3 nitrogen and oxygen atoms in total. The maximum absolute atomic E-state index is 11.4. The summed E-state index contributed by atoms with van der Waals surface area (Å²) >= 11 is 0. The minimum absolute atomic E-state index is 0.369. The minimum Gasteiger partial charge on any atom is -0.385 e. The van der Waals surface area contributed by atoms with Crippen LogP contribution in [0.2, 0.25) is 0 Å².